The number of carbonyl (C=O) groups is 1. The summed E-state index contributed by atoms with van der Waals surface area (Å²) in [4.78, 5) is 13.2. The molecule has 1 saturated carbocycles. The number of ketones is 1. The summed E-state index contributed by atoms with van der Waals surface area (Å²) in [6, 6.07) is 15.1. The van der Waals surface area contributed by atoms with Crippen LogP contribution in [0.15, 0.2) is 54.1 Å². The molecule has 0 spiro atoms. The van der Waals surface area contributed by atoms with Crippen LogP contribution in [0.25, 0.3) is 11.1 Å². The summed E-state index contributed by atoms with van der Waals surface area (Å²) in [6.07, 6.45) is 10.7. The van der Waals surface area contributed by atoms with Gasteiger partial charge in [-0.2, -0.15) is 0 Å². The predicted octanol–water partition coefficient (Wildman–Crippen LogP) is 7.68. The fourth-order valence-corrected chi connectivity index (χ4v) is 5.20. The Morgan fingerprint density at radius 2 is 1.59 bits per heavy atom. The van der Waals surface area contributed by atoms with E-state index in [2.05, 4.69) is 64.1 Å². The first-order chi connectivity index (χ1) is 13.8. The summed E-state index contributed by atoms with van der Waals surface area (Å²) in [6.45, 7) is 9.02. The average molecular weight is 387 g/mol. The molecule has 0 amide bonds. The molecule has 4 rings (SSSR count). The van der Waals surface area contributed by atoms with Gasteiger partial charge in [0, 0.05) is 17.6 Å². The van der Waals surface area contributed by atoms with E-state index in [0.717, 1.165) is 24.0 Å². The van der Waals surface area contributed by atoms with E-state index in [4.69, 9.17) is 0 Å². The lowest BCUT2D eigenvalue weighted by molar-refractivity contribution is 0.103. The number of Topliss-reactive ketones (excluding diaryl/α,β-unsaturated/α-hetero) is 1. The molecule has 1 heteroatoms. The number of carbonyl (C=O) groups excluding carboxylic acids is 1. The third kappa shape index (κ3) is 3.84. The van der Waals surface area contributed by atoms with Crippen molar-refractivity contribution in [3.05, 3.63) is 70.8 Å². The summed E-state index contributed by atoms with van der Waals surface area (Å²) in [5.41, 5.74) is 7.32. The van der Waals surface area contributed by atoms with Gasteiger partial charge in [0.15, 0.2) is 5.78 Å². The van der Waals surface area contributed by atoms with E-state index >= 15 is 0 Å². The molecule has 0 bridgehead atoms. The van der Waals surface area contributed by atoms with Crippen LogP contribution in [0.4, 0.5) is 0 Å². The summed E-state index contributed by atoms with van der Waals surface area (Å²) >= 11 is 0. The van der Waals surface area contributed by atoms with Crippen LogP contribution in [-0.4, -0.2) is 5.78 Å². The normalized spacial score (nSPS) is 20.1. The monoisotopic (exact) mass is 386 g/mol. The molecule has 2 aromatic rings. The first-order valence-corrected chi connectivity index (χ1v) is 11.3. The van der Waals surface area contributed by atoms with Crippen LogP contribution in [0.3, 0.4) is 0 Å². The second-order valence-corrected chi connectivity index (χ2v) is 10.1. The molecule has 0 unspecified atom stereocenters. The van der Waals surface area contributed by atoms with E-state index < -0.39 is 0 Å². The van der Waals surface area contributed by atoms with Crippen molar-refractivity contribution in [2.45, 2.75) is 78.1 Å². The van der Waals surface area contributed by atoms with Crippen LogP contribution in [0.1, 0.15) is 87.7 Å². The zero-order chi connectivity index (χ0) is 20.6. The lowest BCUT2D eigenvalue weighted by Crippen LogP contribution is -2.22. The highest BCUT2D eigenvalue weighted by molar-refractivity contribution is 6.14. The minimum absolute atomic E-state index is 0.150. The summed E-state index contributed by atoms with van der Waals surface area (Å²) in [5, 5.41) is 0. The lowest BCUT2D eigenvalue weighted by atomic mass is 9.71. The standard InChI is InChI=1S/C28H34O/c1-5-28(16-7-6-8-17-28)19-21-18-25-23(10-9-11-24(25)26(21)29)20-12-14-22(15-13-20)27(2,3)4/h9-15,19H,5-8,16-18H2,1-4H3. The Kier molecular flexibility index (Phi) is 5.27. The molecule has 29 heavy (non-hydrogen) atoms. The van der Waals surface area contributed by atoms with Crippen molar-refractivity contribution in [1.29, 1.82) is 0 Å². The number of benzene rings is 2. The first kappa shape index (κ1) is 20.1. The molecule has 2 aliphatic carbocycles. The Labute approximate surface area is 176 Å². The highest BCUT2D eigenvalue weighted by Crippen LogP contribution is 2.44. The Morgan fingerprint density at radius 1 is 0.931 bits per heavy atom. The van der Waals surface area contributed by atoms with Gasteiger partial charge < -0.3 is 0 Å². The molecular formula is C28H34O. The second kappa shape index (κ2) is 7.59. The number of hydrogen-bond acceptors (Lipinski definition) is 1. The zero-order valence-corrected chi connectivity index (χ0v) is 18.5. The van der Waals surface area contributed by atoms with Crippen LogP contribution < -0.4 is 0 Å². The average Bonchev–Trinajstić information content (AvgIpc) is 3.03. The molecule has 1 nitrogen and oxygen atoms in total. The van der Waals surface area contributed by atoms with Crippen LogP contribution in [0.5, 0.6) is 0 Å². The SMILES string of the molecule is CCC1(C=C2Cc3c(cccc3-c3ccc(C(C)(C)C)cc3)C2=O)CCCCC1. The Morgan fingerprint density at radius 3 is 2.21 bits per heavy atom. The number of fused-ring (bicyclic) bond motifs is 1. The number of rotatable bonds is 3. The maximum absolute atomic E-state index is 13.2. The van der Waals surface area contributed by atoms with E-state index in [1.165, 1.54) is 54.4 Å². The molecule has 0 aromatic heterocycles. The molecule has 152 valence electrons. The lowest BCUT2D eigenvalue weighted by Gasteiger charge is -2.34. The highest BCUT2D eigenvalue weighted by Gasteiger charge is 2.33. The van der Waals surface area contributed by atoms with E-state index in [9.17, 15) is 4.79 Å². The Hall–Kier alpha value is -2.15. The summed E-state index contributed by atoms with van der Waals surface area (Å²) < 4.78 is 0. The van der Waals surface area contributed by atoms with Gasteiger partial charge in [0.2, 0.25) is 0 Å². The molecule has 0 radical (unpaired) electrons. The van der Waals surface area contributed by atoms with Crippen LogP contribution in [0, 0.1) is 5.41 Å². The predicted molar refractivity (Wildman–Crippen MR) is 123 cm³/mol. The fraction of sp³-hybridized carbons (Fsp3) is 0.464. The molecule has 0 aliphatic heterocycles. The minimum atomic E-state index is 0.150. The largest absolute Gasteiger partial charge is 0.289 e. The maximum atomic E-state index is 13.2. The Bertz CT molecular complexity index is 931. The molecule has 2 aromatic carbocycles. The van der Waals surface area contributed by atoms with Crippen molar-refractivity contribution in [2.24, 2.45) is 5.41 Å². The summed E-state index contributed by atoms with van der Waals surface area (Å²) in [5.74, 6) is 0.256. The van der Waals surface area contributed by atoms with E-state index in [0.29, 0.717) is 0 Å². The van der Waals surface area contributed by atoms with Gasteiger partial charge in [-0.3, -0.25) is 4.79 Å². The van der Waals surface area contributed by atoms with E-state index in [-0.39, 0.29) is 16.6 Å². The third-order valence-electron chi connectivity index (χ3n) is 7.18. The molecule has 0 saturated heterocycles. The van der Waals surface area contributed by atoms with Gasteiger partial charge in [-0.15, -0.1) is 0 Å². The van der Waals surface area contributed by atoms with Crippen molar-refractivity contribution in [3.8, 4) is 11.1 Å². The van der Waals surface area contributed by atoms with Crippen molar-refractivity contribution in [2.75, 3.05) is 0 Å². The Balaban J connectivity index is 1.69. The summed E-state index contributed by atoms with van der Waals surface area (Å²) in [7, 11) is 0. The molecule has 0 atom stereocenters. The molecule has 1 fully saturated rings. The van der Waals surface area contributed by atoms with Gasteiger partial charge in [0.1, 0.15) is 0 Å². The number of allylic oxidation sites excluding steroid dienone is 2. The molecule has 0 heterocycles. The van der Waals surface area contributed by atoms with E-state index in [1.807, 2.05) is 12.1 Å². The zero-order valence-electron chi connectivity index (χ0n) is 18.5. The van der Waals surface area contributed by atoms with Crippen molar-refractivity contribution in [1.82, 2.24) is 0 Å². The van der Waals surface area contributed by atoms with Crippen molar-refractivity contribution in [3.63, 3.8) is 0 Å². The van der Waals surface area contributed by atoms with Crippen LogP contribution >= 0.6 is 0 Å². The first-order valence-electron chi connectivity index (χ1n) is 11.3. The van der Waals surface area contributed by atoms with Gasteiger partial charge in [0.05, 0.1) is 0 Å². The van der Waals surface area contributed by atoms with Gasteiger partial charge in [0.25, 0.3) is 0 Å². The fourth-order valence-electron chi connectivity index (χ4n) is 5.20. The highest BCUT2D eigenvalue weighted by atomic mass is 16.1. The van der Waals surface area contributed by atoms with Gasteiger partial charge in [-0.25, -0.2) is 0 Å². The maximum Gasteiger partial charge on any atom is 0.189 e. The third-order valence-corrected chi connectivity index (χ3v) is 7.18. The van der Waals surface area contributed by atoms with Crippen LogP contribution in [-0.2, 0) is 11.8 Å². The van der Waals surface area contributed by atoms with Crippen molar-refractivity contribution >= 4 is 5.78 Å². The molecule has 2 aliphatic rings. The van der Waals surface area contributed by atoms with E-state index in [1.54, 1.807) is 0 Å². The quantitative estimate of drug-likeness (QED) is 0.494. The minimum Gasteiger partial charge on any atom is -0.289 e. The smallest absolute Gasteiger partial charge is 0.189 e. The van der Waals surface area contributed by atoms with Crippen molar-refractivity contribution < 1.29 is 4.79 Å². The second-order valence-electron chi connectivity index (χ2n) is 10.1. The molecule has 0 N–H and O–H groups in total. The topological polar surface area (TPSA) is 17.1 Å². The molecular weight excluding hydrogens is 352 g/mol. The number of hydrogen-bond donors (Lipinski definition) is 0. The van der Waals surface area contributed by atoms with Gasteiger partial charge in [-0.1, -0.05) is 95.5 Å². The van der Waals surface area contributed by atoms with Gasteiger partial charge in [-0.05, 0) is 52.3 Å². The van der Waals surface area contributed by atoms with Crippen LogP contribution in [0.2, 0.25) is 0 Å². The van der Waals surface area contributed by atoms with Gasteiger partial charge >= 0.3 is 0 Å².